The molecule has 2 aliphatic rings. The monoisotopic (exact) mass is 576 g/mol. The van der Waals surface area contributed by atoms with Crippen LogP contribution >= 0.6 is 0 Å². The second-order valence-corrected chi connectivity index (χ2v) is 10.4. The van der Waals surface area contributed by atoms with Gasteiger partial charge in [0, 0.05) is 69.8 Å². The van der Waals surface area contributed by atoms with Gasteiger partial charge in [0.15, 0.2) is 6.61 Å². The van der Waals surface area contributed by atoms with Gasteiger partial charge in [-0.05, 0) is 24.6 Å². The number of primary amides is 1. The Labute approximate surface area is 237 Å². The number of aryl methyl sites for hydroxylation is 1. The molecule has 222 valence electrons. The van der Waals surface area contributed by atoms with Crippen molar-refractivity contribution in [1.82, 2.24) is 9.80 Å². The number of para-hydroxylation sites is 1. The van der Waals surface area contributed by atoms with Crippen LogP contribution in [0.25, 0.3) is 0 Å². The summed E-state index contributed by atoms with van der Waals surface area (Å²) < 4.78 is 50.2. The summed E-state index contributed by atoms with van der Waals surface area (Å²) in [6.07, 6.45) is -3.91. The Bertz CT molecular complexity index is 1260. The molecule has 2 fully saturated rings. The zero-order valence-electron chi connectivity index (χ0n) is 23.2. The van der Waals surface area contributed by atoms with Crippen molar-refractivity contribution in [2.75, 3.05) is 44.2 Å². The first-order valence-corrected chi connectivity index (χ1v) is 13.6. The van der Waals surface area contributed by atoms with E-state index in [1.54, 1.807) is 11.0 Å². The molecule has 0 aromatic heterocycles. The molecule has 2 heterocycles. The molecule has 2 aromatic carbocycles. The van der Waals surface area contributed by atoms with E-state index in [0.29, 0.717) is 38.2 Å². The number of amides is 3. The highest BCUT2D eigenvalue weighted by Gasteiger charge is 2.35. The van der Waals surface area contributed by atoms with Crippen molar-refractivity contribution in [2.45, 2.75) is 51.4 Å². The van der Waals surface area contributed by atoms with Crippen molar-refractivity contribution in [1.29, 1.82) is 0 Å². The van der Waals surface area contributed by atoms with Gasteiger partial charge < -0.3 is 29.9 Å². The second kappa shape index (κ2) is 12.7. The van der Waals surface area contributed by atoms with Crippen LogP contribution in [-0.2, 0) is 20.8 Å². The predicted molar refractivity (Wildman–Crippen MR) is 146 cm³/mol. The highest BCUT2D eigenvalue weighted by Crippen LogP contribution is 2.30. The molecular formula is C29H35F3N4O5. The molecule has 2 aromatic rings. The Hall–Kier alpha value is -3.96. The van der Waals surface area contributed by atoms with Crippen LogP contribution in [-0.4, -0.2) is 85.2 Å². The molecule has 0 saturated carbocycles. The van der Waals surface area contributed by atoms with E-state index in [4.69, 9.17) is 15.2 Å². The lowest BCUT2D eigenvalue weighted by Gasteiger charge is -2.41. The fraction of sp³-hybridized carbons (Fsp3) is 0.483. The van der Waals surface area contributed by atoms with Gasteiger partial charge in [-0.15, -0.1) is 0 Å². The van der Waals surface area contributed by atoms with Crippen LogP contribution < -0.4 is 20.1 Å². The maximum Gasteiger partial charge on any atom is 0.422 e. The summed E-state index contributed by atoms with van der Waals surface area (Å²) in [6.45, 7) is 3.88. The number of anilines is 1. The van der Waals surface area contributed by atoms with Crippen molar-refractivity contribution >= 4 is 23.4 Å². The fourth-order valence-electron chi connectivity index (χ4n) is 5.26. The van der Waals surface area contributed by atoms with Gasteiger partial charge in [-0.1, -0.05) is 24.3 Å². The highest BCUT2D eigenvalue weighted by molar-refractivity contribution is 5.89. The van der Waals surface area contributed by atoms with E-state index in [2.05, 4.69) is 0 Å². The van der Waals surface area contributed by atoms with Crippen LogP contribution in [0.4, 0.5) is 18.9 Å². The largest absolute Gasteiger partial charge is 0.490 e. The van der Waals surface area contributed by atoms with Crippen molar-refractivity contribution in [3.63, 3.8) is 0 Å². The minimum absolute atomic E-state index is 0.0181. The van der Waals surface area contributed by atoms with Crippen LogP contribution in [0.2, 0.25) is 0 Å². The van der Waals surface area contributed by atoms with Crippen LogP contribution in [0, 0.1) is 6.92 Å². The van der Waals surface area contributed by atoms with Crippen LogP contribution in [0.1, 0.15) is 30.9 Å². The molecule has 4 rings (SSSR count). The number of rotatable bonds is 8. The minimum Gasteiger partial charge on any atom is -0.490 e. The van der Waals surface area contributed by atoms with Crippen LogP contribution in [0.15, 0.2) is 42.5 Å². The first-order valence-electron chi connectivity index (χ1n) is 13.6. The molecule has 41 heavy (non-hydrogen) atoms. The molecule has 3 amide bonds. The fourth-order valence-corrected chi connectivity index (χ4v) is 5.26. The van der Waals surface area contributed by atoms with E-state index in [0.717, 1.165) is 11.3 Å². The number of piperazine rings is 1. The highest BCUT2D eigenvalue weighted by atomic mass is 19.4. The molecule has 2 N–H and O–H groups in total. The summed E-state index contributed by atoms with van der Waals surface area (Å²) in [5, 5.41) is 0. The number of piperidine rings is 1. The molecule has 2 aliphatic heterocycles. The molecule has 0 spiro atoms. The molecule has 0 radical (unpaired) electrons. The number of likely N-dealkylation sites (tertiary alicyclic amines) is 1. The standard InChI is InChI=1S/C29H35F3N4O5/c1-19-5-3-4-6-24(19)35-13-14-36(25(17-35)28(33)39)27(38)15-21-7-8-23(16-26(21)40-18-29(30,31)32)41-22-9-11-34(12-10-22)20(2)37/h3-8,16,22,25H,9-15,17-18H2,1-2H3,(H2,33,39). The van der Waals surface area contributed by atoms with Crippen LogP contribution in [0.3, 0.4) is 0 Å². The first-order chi connectivity index (χ1) is 19.4. The average Bonchev–Trinajstić information content (AvgIpc) is 2.92. The number of halogens is 3. The van der Waals surface area contributed by atoms with Gasteiger partial charge in [0.1, 0.15) is 23.6 Å². The number of hydrogen-bond acceptors (Lipinski definition) is 6. The third-order valence-corrected chi connectivity index (χ3v) is 7.45. The number of hydrogen-bond donors (Lipinski definition) is 1. The Morgan fingerprint density at radius 1 is 1.02 bits per heavy atom. The lowest BCUT2D eigenvalue weighted by molar-refractivity contribution is -0.153. The third kappa shape index (κ3) is 7.83. The summed E-state index contributed by atoms with van der Waals surface area (Å²) in [7, 11) is 0. The maximum absolute atomic E-state index is 13.4. The zero-order valence-corrected chi connectivity index (χ0v) is 23.2. The summed E-state index contributed by atoms with van der Waals surface area (Å²) in [6, 6.07) is 11.2. The predicted octanol–water partition coefficient (Wildman–Crippen LogP) is 3.07. The quantitative estimate of drug-likeness (QED) is 0.518. The smallest absolute Gasteiger partial charge is 0.422 e. The molecule has 2 saturated heterocycles. The SMILES string of the molecule is CC(=O)N1CCC(Oc2ccc(CC(=O)N3CCN(c4ccccc4C)CC3C(N)=O)c(OCC(F)(F)F)c2)CC1. The van der Waals surface area contributed by atoms with Gasteiger partial charge in [0.25, 0.3) is 0 Å². The second-order valence-electron chi connectivity index (χ2n) is 10.4. The Morgan fingerprint density at radius 2 is 1.73 bits per heavy atom. The Balaban J connectivity index is 1.48. The molecule has 12 heteroatoms. The summed E-state index contributed by atoms with van der Waals surface area (Å²) >= 11 is 0. The van der Waals surface area contributed by atoms with Crippen LogP contribution in [0.5, 0.6) is 11.5 Å². The van der Waals surface area contributed by atoms with Gasteiger partial charge in [-0.2, -0.15) is 13.2 Å². The van der Waals surface area contributed by atoms with Gasteiger partial charge in [0.2, 0.25) is 17.7 Å². The topological polar surface area (TPSA) is 105 Å². The van der Waals surface area contributed by atoms with E-state index >= 15 is 0 Å². The Kier molecular flexibility index (Phi) is 9.29. The molecule has 9 nitrogen and oxygen atoms in total. The summed E-state index contributed by atoms with van der Waals surface area (Å²) in [4.78, 5) is 42.4. The molecule has 0 bridgehead atoms. The molecule has 1 unspecified atom stereocenters. The van der Waals surface area contributed by atoms with E-state index in [1.807, 2.05) is 36.1 Å². The Morgan fingerprint density at radius 3 is 2.37 bits per heavy atom. The van der Waals surface area contributed by atoms with Crippen molar-refractivity contribution in [2.24, 2.45) is 5.73 Å². The normalized spacial score (nSPS) is 18.3. The maximum atomic E-state index is 13.4. The van der Waals surface area contributed by atoms with Gasteiger partial charge in [-0.3, -0.25) is 14.4 Å². The lowest BCUT2D eigenvalue weighted by atomic mass is 10.0. The summed E-state index contributed by atoms with van der Waals surface area (Å²) in [5.41, 5.74) is 7.88. The van der Waals surface area contributed by atoms with E-state index in [-0.39, 0.29) is 42.8 Å². The number of benzene rings is 2. The summed E-state index contributed by atoms with van der Waals surface area (Å²) in [5.74, 6) is -0.939. The van der Waals surface area contributed by atoms with Crippen molar-refractivity contribution in [3.05, 3.63) is 53.6 Å². The number of nitrogens with two attached hydrogens (primary N) is 1. The number of ether oxygens (including phenoxy) is 2. The average molecular weight is 577 g/mol. The molecular weight excluding hydrogens is 541 g/mol. The van der Waals surface area contributed by atoms with Crippen molar-refractivity contribution in [3.8, 4) is 11.5 Å². The number of carbonyl (C=O) groups is 3. The molecule has 1 atom stereocenters. The van der Waals surface area contributed by atoms with E-state index in [9.17, 15) is 27.6 Å². The van der Waals surface area contributed by atoms with E-state index < -0.39 is 30.6 Å². The zero-order chi connectivity index (χ0) is 29.7. The van der Waals surface area contributed by atoms with Gasteiger partial charge in [-0.25, -0.2) is 0 Å². The van der Waals surface area contributed by atoms with Gasteiger partial charge >= 0.3 is 6.18 Å². The minimum atomic E-state index is -4.58. The van der Waals surface area contributed by atoms with E-state index in [1.165, 1.54) is 24.0 Å². The third-order valence-electron chi connectivity index (χ3n) is 7.45. The lowest BCUT2D eigenvalue weighted by Crippen LogP contribution is -2.60. The number of nitrogens with zero attached hydrogens (tertiary/aromatic N) is 3. The number of carbonyl (C=O) groups excluding carboxylic acids is 3. The number of alkyl halides is 3. The molecule has 0 aliphatic carbocycles. The van der Waals surface area contributed by atoms with Crippen molar-refractivity contribution < 1.29 is 37.0 Å². The van der Waals surface area contributed by atoms with Gasteiger partial charge in [0.05, 0.1) is 6.42 Å². The first kappa shape index (κ1) is 30.0.